The van der Waals surface area contributed by atoms with E-state index in [2.05, 4.69) is 0 Å². The third-order valence-corrected chi connectivity index (χ3v) is 9.37. The molecular weight excluding hydrogens is 602 g/mol. The average Bonchev–Trinajstić information content (AvgIpc) is 3.63. The zero-order chi connectivity index (χ0) is 33.1. The molecule has 7 rings (SSSR count). The fraction of sp³-hybridized carbons (Fsp3) is 0.222. The molecule has 1 saturated carbocycles. The first kappa shape index (κ1) is 29.8. The predicted molar refractivity (Wildman–Crippen MR) is 169 cm³/mol. The van der Waals surface area contributed by atoms with Crippen molar-refractivity contribution in [1.82, 2.24) is 0 Å². The number of hydrogen-bond acceptors (Lipinski definition) is 8. The molecule has 0 radical (unpaired) electrons. The topological polar surface area (TPSA) is 148 Å². The van der Waals surface area contributed by atoms with Crippen LogP contribution in [0.1, 0.15) is 41.7 Å². The SMILES string of the molecule is CCOC(=O)C1([N+]2=C(c3cc([N+](=O)[O-])cc([N+](=O)[O-])c3)c3ccccc3CC2)/C(=C(/[O-])OCC)C12c1ccccc1-c1ccccc12. The van der Waals surface area contributed by atoms with Gasteiger partial charge in [-0.25, -0.2) is 9.37 Å². The first-order valence-electron chi connectivity index (χ1n) is 15.3. The molecule has 236 valence electrons. The van der Waals surface area contributed by atoms with Gasteiger partial charge >= 0.3 is 11.5 Å². The number of esters is 1. The number of non-ortho nitro benzene ring substituents is 2. The summed E-state index contributed by atoms with van der Waals surface area (Å²) in [6.45, 7) is 3.63. The Balaban J connectivity index is 1.68. The molecule has 1 unspecified atom stereocenters. The van der Waals surface area contributed by atoms with Crippen LogP contribution in [-0.4, -0.2) is 51.4 Å². The van der Waals surface area contributed by atoms with Crippen molar-refractivity contribution in [3.05, 3.63) is 151 Å². The zero-order valence-corrected chi connectivity index (χ0v) is 25.6. The van der Waals surface area contributed by atoms with Gasteiger partial charge in [0.1, 0.15) is 12.0 Å². The van der Waals surface area contributed by atoms with E-state index >= 15 is 0 Å². The second-order valence-electron chi connectivity index (χ2n) is 11.5. The van der Waals surface area contributed by atoms with E-state index in [0.717, 1.165) is 33.9 Å². The molecule has 1 aliphatic heterocycles. The van der Waals surface area contributed by atoms with Gasteiger partial charge in [-0.1, -0.05) is 73.7 Å². The van der Waals surface area contributed by atoms with Crippen LogP contribution >= 0.6 is 0 Å². The van der Waals surface area contributed by atoms with E-state index in [-0.39, 0.29) is 30.9 Å². The van der Waals surface area contributed by atoms with Gasteiger partial charge in [0.2, 0.25) is 5.71 Å². The van der Waals surface area contributed by atoms with Crippen molar-refractivity contribution in [2.45, 2.75) is 31.2 Å². The summed E-state index contributed by atoms with van der Waals surface area (Å²) in [5, 5.41) is 38.4. The van der Waals surface area contributed by atoms with E-state index in [4.69, 9.17) is 9.47 Å². The van der Waals surface area contributed by atoms with Gasteiger partial charge < -0.3 is 14.6 Å². The minimum absolute atomic E-state index is 0.0120. The van der Waals surface area contributed by atoms with Crippen molar-refractivity contribution in [2.24, 2.45) is 0 Å². The summed E-state index contributed by atoms with van der Waals surface area (Å²) in [6.07, 6.45) is 0.452. The largest absolute Gasteiger partial charge is 0.613 e. The molecule has 0 aromatic heterocycles. The van der Waals surface area contributed by atoms with Crippen LogP contribution in [0, 0.1) is 20.2 Å². The molecule has 11 nitrogen and oxygen atoms in total. The van der Waals surface area contributed by atoms with Gasteiger partial charge in [-0.15, -0.1) is 0 Å². The van der Waals surface area contributed by atoms with E-state index in [9.17, 15) is 30.1 Å². The molecule has 1 heterocycles. The number of ether oxygens (including phenoxy) is 2. The Hall–Kier alpha value is -5.84. The third-order valence-electron chi connectivity index (χ3n) is 9.37. The fourth-order valence-corrected chi connectivity index (χ4v) is 7.78. The lowest BCUT2D eigenvalue weighted by Crippen LogP contribution is -2.50. The summed E-state index contributed by atoms with van der Waals surface area (Å²) in [5.74, 6) is -1.36. The number of nitro benzene ring substituents is 2. The molecule has 1 fully saturated rings. The van der Waals surface area contributed by atoms with E-state index in [1.807, 2.05) is 66.7 Å². The molecule has 11 heteroatoms. The summed E-state index contributed by atoms with van der Waals surface area (Å²) in [4.78, 5) is 37.6. The van der Waals surface area contributed by atoms with Crippen molar-refractivity contribution >= 4 is 23.1 Å². The summed E-state index contributed by atoms with van der Waals surface area (Å²) in [6, 6.07) is 26.0. The Bertz CT molecular complexity index is 2010. The molecule has 0 amide bonds. The number of hydrogen-bond donors (Lipinski definition) is 0. The summed E-state index contributed by atoms with van der Waals surface area (Å²) in [5.41, 5.74) is 1.22. The van der Waals surface area contributed by atoms with Crippen LogP contribution in [0.25, 0.3) is 11.1 Å². The maximum Gasteiger partial charge on any atom is 0.385 e. The smallest absolute Gasteiger partial charge is 0.385 e. The van der Waals surface area contributed by atoms with Crippen LogP contribution < -0.4 is 5.11 Å². The second-order valence-corrected chi connectivity index (χ2v) is 11.5. The molecule has 4 aromatic rings. The van der Waals surface area contributed by atoms with Crippen molar-refractivity contribution in [3.8, 4) is 11.1 Å². The summed E-state index contributed by atoms with van der Waals surface area (Å²) < 4.78 is 13.3. The molecule has 0 bridgehead atoms. The zero-order valence-electron chi connectivity index (χ0n) is 25.6. The van der Waals surface area contributed by atoms with E-state index in [1.54, 1.807) is 24.5 Å². The molecule has 4 aromatic carbocycles. The molecule has 0 saturated heterocycles. The lowest BCUT2D eigenvalue weighted by Gasteiger charge is -2.26. The fourth-order valence-electron chi connectivity index (χ4n) is 7.78. The highest BCUT2D eigenvalue weighted by Gasteiger charge is 2.90. The minimum atomic E-state index is -1.79. The lowest BCUT2D eigenvalue weighted by atomic mass is 9.85. The van der Waals surface area contributed by atoms with Crippen molar-refractivity contribution in [2.75, 3.05) is 19.8 Å². The quantitative estimate of drug-likeness (QED) is 0.0886. The first-order valence-corrected chi connectivity index (χ1v) is 15.3. The number of nitro groups is 2. The average molecular weight is 632 g/mol. The Kier molecular flexibility index (Phi) is 6.92. The normalized spacial score (nSPS) is 19.4. The van der Waals surface area contributed by atoms with E-state index in [1.165, 1.54) is 12.1 Å². The Morgan fingerprint density at radius 3 is 1.87 bits per heavy atom. The third kappa shape index (κ3) is 3.98. The van der Waals surface area contributed by atoms with Crippen LogP contribution in [0.4, 0.5) is 11.4 Å². The number of rotatable bonds is 8. The maximum atomic E-state index is 14.8. The van der Waals surface area contributed by atoms with Gasteiger partial charge in [0, 0.05) is 24.1 Å². The standard InChI is InChI=1S/C36H29N3O8/c1-3-46-33(40)32-35(29-15-9-7-13-27(29)28-14-8-10-16-30(28)35)36(32,34(41)47-4-2)37-18-17-22-11-5-6-12-26(22)31(37)23-19-24(38(42)43)21-25(20-23)39(44)45/h5-16,19-21H,3-4,17-18H2,1-2H3/b33-32-. The Morgan fingerprint density at radius 1 is 0.787 bits per heavy atom. The van der Waals surface area contributed by atoms with Gasteiger partial charge in [0.05, 0.1) is 39.6 Å². The van der Waals surface area contributed by atoms with Gasteiger partial charge in [-0.05, 0) is 47.4 Å². The number of fused-ring (bicyclic) bond motifs is 6. The lowest BCUT2D eigenvalue weighted by molar-refractivity contribution is -0.569. The van der Waals surface area contributed by atoms with Gasteiger partial charge in [0.25, 0.3) is 11.4 Å². The molecule has 0 N–H and O–H groups in total. The van der Waals surface area contributed by atoms with Gasteiger partial charge in [-0.3, -0.25) is 20.2 Å². The highest BCUT2D eigenvalue weighted by Crippen LogP contribution is 2.74. The number of carbonyl (C=O) groups excluding carboxylic acids is 1. The first-order chi connectivity index (χ1) is 22.7. The van der Waals surface area contributed by atoms with Gasteiger partial charge in [0.15, 0.2) is 0 Å². The monoisotopic (exact) mass is 631 g/mol. The van der Waals surface area contributed by atoms with E-state index < -0.39 is 44.1 Å². The van der Waals surface area contributed by atoms with Crippen LogP contribution in [-0.2, 0) is 26.1 Å². The van der Waals surface area contributed by atoms with E-state index in [0.29, 0.717) is 17.7 Å². The minimum Gasteiger partial charge on any atom is -0.613 e. The summed E-state index contributed by atoms with van der Waals surface area (Å²) in [7, 11) is 0. The van der Waals surface area contributed by atoms with Gasteiger partial charge in [-0.2, -0.15) is 0 Å². The maximum absolute atomic E-state index is 14.8. The highest BCUT2D eigenvalue weighted by atomic mass is 16.6. The highest BCUT2D eigenvalue weighted by molar-refractivity contribution is 6.14. The number of benzene rings is 4. The molecule has 47 heavy (non-hydrogen) atoms. The summed E-state index contributed by atoms with van der Waals surface area (Å²) >= 11 is 0. The Morgan fingerprint density at radius 2 is 1.32 bits per heavy atom. The molecular formula is C36H29N3O8. The Labute approximate surface area is 269 Å². The van der Waals surface area contributed by atoms with Crippen LogP contribution in [0.3, 0.4) is 0 Å². The van der Waals surface area contributed by atoms with Crippen LogP contribution in [0.15, 0.2) is 103 Å². The van der Waals surface area contributed by atoms with Crippen molar-refractivity contribution in [3.63, 3.8) is 0 Å². The van der Waals surface area contributed by atoms with Crippen molar-refractivity contribution < 1.29 is 33.8 Å². The molecule has 3 aliphatic rings. The predicted octanol–water partition coefficient (Wildman–Crippen LogP) is 4.80. The van der Waals surface area contributed by atoms with Crippen molar-refractivity contribution in [1.29, 1.82) is 0 Å². The van der Waals surface area contributed by atoms with Crippen LogP contribution in [0.2, 0.25) is 0 Å². The molecule has 1 atom stereocenters. The number of carbonyl (C=O) groups is 1. The van der Waals surface area contributed by atoms with Crippen LogP contribution in [0.5, 0.6) is 0 Å². The molecule has 2 aliphatic carbocycles. The molecule has 1 spiro atoms. The number of nitrogens with zero attached hydrogens (tertiary/aromatic N) is 3. The second kappa shape index (κ2) is 10.9.